The number of aryl methyl sites for hydroxylation is 1. The molecule has 2 N–H and O–H groups in total. The number of carbonyl (C=O) groups excluding carboxylic acids is 4. The van der Waals surface area contributed by atoms with Crippen LogP contribution < -0.4 is 15.4 Å². The summed E-state index contributed by atoms with van der Waals surface area (Å²) in [5.41, 5.74) is 1.62. The Balaban J connectivity index is 1.96. The van der Waals surface area contributed by atoms with Gasteiger partial charge in [0.15, 0.2) is 13.2 Å². The quantitative estimate of drug-likeness (QED) is 0.521. The third-order valence-electron chi connectivity index (χ3n) is 4.37. The molecule has 0 aliphatic heterocycles. The van der Waals surface area contributed by atoms with Crippen LogP contribution in [0.4, 0.5) is 5.00 Å². The fourth-order valence-electron chi connectivity index (χ4n) is 2.69. The molecule has 2 amide bonds. The van der Waals surface area contributed by atoms with Gasteiger partial charge in [-0.25, -0.2) is 9.59 Å². The number of thiophene rings is 1. The van der Waals surface area contributed by atoms with E-state index in [0.717, 1.165) is 23.3 Å². The molecule has 2 rings (SSSR count). The average molecular weight is 463 g/mol. The van der Waals surface area contributed by atoms with Crippen LogP contribution in [0.3, 0.4) is 0 Å². The van der Waals surface area contributed by atoms with Crippen molar-refractivity contribution >= 4 is 40.1 Å². The zero-order valence-electron chi connectivity index (χ0n) is 18.4. The second-order valence-electron chi connectivity index (χ2n) is 6.55. The van der Waals surface area contributed by atoms with Crippen molar-refractivity contribution in [1.82, 2.24) is 5.32 Å². The lowest BCUT2D eigenvalue weighted by Gasteiger charge is -2.09. The van der Waals surface area contributed by atoms with Gasteiger partial charge in [-0.05, 0) is 43.5 Å². The summed E-state index contributed by atoms with van der Waals surface area (Å²) in [7, 11) is 1.46. The summed E-state index contributed by atoms with van der Waals surface area (Å²) < 4.78 is 15.3. The minimum Gasteiger partial charge on any atom is -0.482 e. The van der Waals surface area contributed by atoms with E-state index >= 15 is 0 Å². The van der Waals surface area contributed by atoms with Crippen LogP contribution in [-0.2, 0) is 25.5 Å². The molecule has 1 aromatic carbocycles. The summed E-state index contributed by atoms with van der Waals surface area (Å²) in [5.74, 6) is -1.93. The Labute approximate surface area is 190 Å². The Morgan fingerprint density at radius 3 is 2.28 bits per heavy atom. The van der Waals surface area contributed by atoms with Gasteiger partial charge in [0.25, 0.3) is 11.8 Å². The number of benzene rings is 1. The second-order valence-corrected chi connectivity index (χ2v) is 7.58. The van der Waals surface area contributed by atoms with Crippen molar-refractivity contribution in [3.8, 4) is 5.75 Å². The average Bonchev–Trinajstić information content (AvgIpc) is 3.11. The van der Waals surface area contributed by atoms with Crippen molar-refractivity contribution in [1.29, 1.82) is 0 Å². The fraction of sp³-hybridized carbons (Fsp3) is 0.364. The van der Waals surface area contributed by atoms with Gasteiger partial charge in [-0.15, -0.1) is 11.3 Å². The number of rotatable bonds is 10. The number of carbonyl (C=O) groups is 4. The maximum absolute atomic E-state index is 12.3. The van der Waals surface area contributed by atoms with Crippen molar-refractivity contribution in [2.45, 2.75) is 27.2 Å². The molecule has 0 saturated carbocycles. The van der Waals surface area contributed by atoms with Gasteiger partial charge >= 0.3 is 11.9 Å². The second kappa shape index (κ2) is 11.8. The van der Waals surface area contributed by atoms with Gasteiger partial charge in [0.2, 0.25) is 0 Å². The Hall–Kier alpha value is -3.40. The van der Waals surface area contributed by atoms with Crippen LogP contribution in [0.1, 0.15) is 45.0 Å². The van der Waals surface area contributed by atoms with Crippen LogP contribution in [0, 0.1) is 6.92 Å². The zero-order valence-corrected chi connectivity index (χ0v) is 19.2. The van der Waals surface area contributed by atoms with Gasteiger partial charge in [-0.2, -0.15) is 0 Å². The standard InChI is InChI=1S/C22H26N2O7S/c1-5-14-7-9-15(10-8-14)30-12-17(26)31-11-16(25)24-21-18(22(28)29-6-2)13(3)19(32-21)20(27)23-4/h7-10H,5-6,11-12H2,1-4H3,(H,23,27)(H,24,25). The number of ether oxygens (including phenoxy) is 3. The highest BCUT2D eigenvalue weighted by atomic mass is 32.1. The molecule has 0 spiro atoms. The summed E-state index contributed by atoms with van der Waals surface area (Å²) in [6.45, 7) is 4.47. The molecule has 0 saturated heterocycles. The predicted octanol–water partition coefficient (Wildman–Crippen LogP) is 2.72. The lowest BCUT2D eigenvalue weighted by molar-refractivity contribution is -0.149. The molecule has 0 unspecified atom stereocenters. The molecule has 0 aliphatic rings. The molecule has 0 radical (unpaired) electrons. The van der Waals surface area contributed by atoms with Crippen LogP contribution in [-0.4, -0.2) is 50.6 Å². The Morgan fingerprint density at radius 2 is 1.69 bits per heavy atom. The maximum atomic E-state index is 12.3. The number of anilines is 1. The number of hydrogen-bond donors (Lipinski definition) is 2. The van der Waals surface area contributed by atoms with E-state index in [-0.39, 0.29) is 28.7 Å². The van der Waals surface area contributed by atoms with E-state index in [1.807, 2.05) is 19.1 Å². The van der Waals surface area contributed by atoms with Crippen LogP contribution in [0.15, 0.2) is 24.3 Å². The van der Waals surface area contributed by atoms with Gasteiger partial charge in [0.1, 0.15) is 10.8 Å². The highest BCUT2D eigenvalue weighted by molar-refractivity contribution is 7.18. The Morgan fingerprint density at radius 1 is 1.00 bits per heavy atom. The first-order valence-corrected chi connectivity index (χ1v) is 10.8. The number of amides is 2. The minimum absolute atomic E-state index is 0.0917. The largest absolute Gasteiger partial charge is 0.482 e. The summed E-state index contributed by atoms with van der Waals surface area (Å²) in [5, 5.41) is 5.14. The van der Waals surface area contributed by atoms with Gasteiger partial charge in [0.05, 0.1) is 17.0 Å². The highest BCUT2D eigenvalue weighted by Crippen LogP contribution is 2.33. The van der Waals surface area contributed by atoms with Gasteiger partial charge < -0.3 is 24.8 Å². The predicted molar refractivity (Wildman–Crippen MR) is 119 cm³/mol. The van der Waals surface area contributed by atoms with Crippen molar-refractivity contribution in [2.75, 3.05) is 32.2 Å². The molecule has 0 aliphatic carbocycles. The Bertz CT molecular complexity index is 983. The Kier molecular flexibility index (Phi) is 9.21. The van der Waals surface area contributed by atoms with Gasteiger partial charge in [-0.3, -0.25) is 9.59 Å². The van der Waals surface area contributed by atoms with Crippen LogP contribution in [0.5, 0.6) is 5.75 Å². The molecule has 172 valence electrons. The van der Waals surface area contributed by atoms with Crippen LogP contribution in [0.25, 0.3) is 0 Å². The molecule has 1 aromatic heterocycles. The zero-order chi connectivity index (χ0) is 23.7. The smallest absolute Gasteiger partial charge is 0.344 e. The van der Waals surface area contributed by atoms with Crippen molar-refractivity contribution in [3.05, 3.63) is 45.8 Å². The van der Waals surface area contributed by atoms with E-state index in [2.05, 4.69) is 10.6 Å². The normalized spacial score (nSPS) is 10.2. The molecule has 32 heavy (non-hydrogen) atoms. The topological polar surface area (TPSA) is 120 Å². The first kappa shape index (κ1) is 24.9. The van der Waals surface area contributed by atoms with Crippen molar-refractivity contribution < 1.29 is 33.4 Å². The number of esters is 2. The van der Waals surface area contributed by atoms with E-state index in [9.17, 15) is 19.2 Å². The summed E-state index contributed by atoms with van der Waals surface area (Å²) in [4.78, 5) is 48.8. The van der Waals surface area contributed by atoms with Gasteiger partial charge in [-0.1, -0.05) is 19.1 Å². The first-order valence-electron chi connectivity index (χ1n) is 10.00. The SMILES string of the molecule is CCOC(=O)c1c(NC(=O)COC(=O)COc2ccc(CC)cc2)sc(C(=O)NC)c1C. The summed E-state index contributed by atoms with van der Waals surface area (Å²) >= 11 is 0.936. The number of hydrogen-bond acceptors (Lipinski definition) is 8. The van der Waals surface area contributed by atoms with E-state index in [1.54, 1.807) is 26.0 Å². The van der Waals surface area contributed by atoms with Gasteiger partial charge in [0, 0.05) is 7.05 Å². The van der Waals surface area contributed by atoms with E-state index < -0.39 is 30.4 Å². The molecule has 1 heterocycles. The van der Waals surface area contributed by atoms with Crippen LogP contribution in [0.2, 0.25) is 0 Å². The highest BCUT2D eigenvalue weighted by Gasteiger charge is 2.26. The van der Waals surface area contributed by atoms with Crippen molar-refractivity contribution in [3.63, 3.8) is 0 Å². The molecule has 0 bridgehead atoms. The molecule has 0 fully saturated rings. The van der Waals surface area contributed by atoms with Crippen LogP contribution >= 0.6 is 11.3 Å². The fourth-order valence-corrected chi connectivity index (χ4v) is 3.85. The lowest BCUT2D eigenvalue weighted by atomic mass is 10.1. The molecule has 2 aromatic rings. The lowest BCUT2D eigenvalue weighted by Crippen LogP contribution is -2.24. The maximum Gasteiger partial charge on any atom is 0.344 e. The van der Waals surface area contributed by atoms with E-state index in [1.165, 1.54) is 7.05 Å². The monoisotopic (exact) mass is 462 g/mol. The molecule has 0 atom stereocenters. The minimum atomic E-state index is -0.723. The molecule has 9 nitrogen and oxygen atoms in total. The molecular weight excluding hydrogens is 436 g/mol. The van der Waals surface area contributed by atoms with E-state index in [0.29, 0.717) is 11.3 Å². The first-order chi connectivity index (χ1) is 15.3. The van der Waals surface area contributed by atoms with E-state index in [4.69, 9.17) is 14.2 Å². The third kappa shape index (κ3) is 6.55. The molecular formula is C22H26N2O7S. The number of nitrogens with one attached hydrogen (secondary N) is 2. The summed E-state index contributed by atoms with van der Waals surface area (Å²) in [6, 6.07) is 7.29. The molecule has 10 heteroatoms. The summed E-state index contributed by atoms with van der Waals surface area (Å²) in [6.07, 6.45) is 0.893. The third-order valence-corrected chi connectivity index (χ3v) is 5.57. The van der Waals surface area contributed by atoms with Crippen molar-refractivity contribution in [2.24, 2.45) is 0 Å².